The Balaban J connectivity index is -0.0000000457. The molecule has 0 aromatic rings. The number of hydrogen-bond donors (Lipinski definition) is 6. The second-order valence-electron chi connectivity index (χ2n) is 1.03. The molecule has 0 aromatic heterocycles. The van der Waals surface area contributed by atoms with Crippen LogP contribution >= 0.6 is 15.6 Å². The van der Waals surface area contributed by atoms with Crippen LogP contribution in [0.5, 0.6) is 0 Å². The van der Waals surface area contributed by atoms with Crippen LogP contribution in [0.2, 0.25) is 0 Å². The van der Waals surface area contributed by atoms with E-state index >= 15 is 0 Å². The third kappa shape index (κ3) is 1130. The molecule has 12 heteroatoms. The van der Waals surface area contributed by atoms with Crippen LogP contribution < -0.4 is 0 Å². The first-order chi connectivity index (χ1) is 4.00. The first-order valence-electron chi connectivity index (χ1n) is 1.57. The summed E-state index contributed by atoms with van der Waals surface area (Å²) in [6, 6.07) is 0. The fourth-order valence-corrected chi connectivity index (χ4v) is 0. The van der Waals surface area contributed by atoms with Crippen LogP contribution in [0.25, 0.3) is 0 Å². The Bertz CT molecular complexity index is 129. The Morgan fingerprint density at radius 3 is 0.667 bits per heavy atom. The Hall–Kier alpha value is 0.986. The van der Waals surface area contributed by atoms with Gasteiger partial charge in [0.05, 0.1) is 0 Å². The van der Waals surface area contributed by atoms with E-state index in [1.165, 1.54) is 0 Å². The molecule has 0 spiro atoms. The molecule has 70 valence electrons. The number of hydrogen-bond acceptors (Lipinski definition) is 2. The summed E-state index contributed by atoms with van der Waals surface area (Å²) in [6.07, 6.45) is 0. The van der Waals surface area contributed by atoms with E-state index in [2.05, 4.69) is 0 Å². The van der Waals surface area contributed by atoms with Gasteiger partial charge in [0.2, 0.25) is 0 Å². The third-order valence-corrected chi connectivity index (χ3v) is 0. The van der Waals surface area contributed by atoms with Crippen LogP contribution in [0, 0.1) is 0 Å². The van der Waals surface area contributed by atoms with Crippen LogP contribution in [0.3, 0.4) is 0 Å². The molecule has 0 bridgehead atoms. The number of phosphoric acid groups is 2. The zero-order valence-electron chi connectivity index (χ0n) is 4.39. The second-order valence-corrected chi connectivity index (χ2v) is 3.08. The average molecular weight is 215 g/mol. The number of rotatable bonds is 0. The Morgan fingerprint density at radius 1 is 0.667 bits per heavy atom. The quantitative estimate of drug-likeness (QED) is 0.180. The summed E-state index contributed by atoms with van der Waals surface area (Å²) in [5.74, 6) is 0. The van der Waals surface area contributed by atoms with Crippen molar-refractivity contribution >= 4 is 44.6 Å². The van der Waals surface area contributed by atoms with Gasteiger partial charge in [-0.2, -0.15) is 0 Å². The Labute approximate surface area is 83.5 Å². The van der Waals surface area contributed by atoms with Gasteiger partial charge in [0, 0.05) is 0 Å². The van der Waals surface area contributed by atoms with Crippen LogP contribution in [0.15, 0.2) is 0 Å². The molecule has 0 aliphatic heterocycles. The van der Waals surface area contributed by atoms with Gasteiger partial charge in [-0.1, -0.05) is 0 Å². The molecule has 0 fully saturated rings. The minimum absolute atomic E-state index is 0. The summed E-state index contributed by atoms with van der Waals surface area (Å²) in [4.78, 5) is 43.1. The molecule has 0 radical (unpaired) electrons. The molecule has 0 atom stereocenters. The monoisotopic (exact) mass is 215 g/mol. The van der Waals surface area contributed by atoms with E-state index in [1.54, 1.807) is 0 Å². The van der Waals surface area contributed by atoms with Gasteiger partial charge in [-0.05, 0) is 0 Å². The predicted octanol–water partition coefficient (Wildman–Crippen LogP) is -3.42. The van der Waals surface area contributed by atoms with Gasteiger partial charge in [-0.15, -0.1) is 0 Å². The molecule has 6 N–H and O–H groups in total. The summed E-state index contributed by atoms with van der Waals surface area (Å²) in [6.45, 7) is 0. The van der Waals surface area contributed by atoms with Crippen molar-refractivity contribution in [1.29, 1.82) is 0 Å². The van der Waals surface area contributed by atoms with E-state index in [9.17, 15) is 0 Å². The van der Waals surface area contributed by atoms with E-state index in [1.807, 2.05) is 0 Å². The average Bonchev–Trinajstić information content (AvgIpc) is 1.12. The van der Waals surface area contributed by atoms with E-state index in [0.717, 1.165) is 0 Å². The van der Waals surface area contributed by atoms with Crippen molar-refractivity contribution in [3.05, 3.63) is 0 Å². The second kappa shape index (κ2) is 8.58. The normalized spacial score (nSPS) is 9.83. The topological polar surface area (TPSA) is 156 Å². The van der Waals surface area contributed by atoms with E-state index in [0.29, 0.717) is 0 Å². The van der Waals surface area contributed by atoms with Crippen molar-refractivity contribution in [3.63, 3.8) is 0 Å². The molecule has 0 saturated carbocycles. The third-order valence-electron chi connectivity index (χ3n) is 0. The molecule has 0 aromatic carbocycles. The fraction of sp³-hybridized carbons (Fsp3) is 0. The molecule has 8 nitrogen and oxygen atoms in total. The first-order valence-corrected chi connectivity index (χ1v) is 4.70. The van der Waals surface area contributed by atoms with Gasteiger partial charge in [0.1, 0.15) is 0 Å². The minimum atomic E-state index is -4.64. The van der Waals surface area contributed by atoms with Crippen LogP contribution in [0.4, 0.5) is 0 Å². The Kier molecular flexibility index (Phi) is 16.5. The van der Waals surface area contributed by atoms with Crippen LogP contribution in [-0.2, 0) is 9.13 Å². The van der Waals surface area contributed by atoms with Crippen molar-refractivity contribution < 1.29 is 38.5 Å². The summed E-state index contributed by atoms with van der Waals surface area (Å²) >= 11 is 0. The van der Waals surface area contributed by atoms with Crippen molar-refractivity contribution in [2.75, 3.05) is 0 Å². The van der Waals surface area contributed by atoms with Gasteiger partial charge in [-0.3, -0.25) is 0 Å². The van der Waals surface area contributed by atoms with Gasteiger partial charge in [0.15, 0.2) is 0 Å². The van der Waals surface area contributed by atoms with Crippen molar-refractivity contribution in [3.8, 4) is 0 Å². The first kappa shape index (κ1) is 23.1. The Morgan fingerprint density at radius 2 is 0.667 bits per heavy atom. The molecule has 0 aliphatic rings. The van der Waals surface area contributed by atoms with Gasteiger partial charge >= 0.3 is 44.6 Å². The molecular weight excluding hydrogens is 206 g/mol. The van der Waals surface area contributed by atoms with Crippen molar-refractivity contribution in [2.24, 2.45) is 0 Å². The molecule has 0 heterocycles. The molecule has 0 aliphatic carbocycles. The van der Waals surface area contributed by atoms with E-state index in [-0.39, 0.29) is 29.0 Å². The maximum atomic E-state index is 8.88. The molecule has 0 amide bonds. The molecule has 0 rings (SSSR count). The molecule has 0 saturated heterocycles. The maximum absolute atomic E-state index is 8.88. The summed E-state index contributed by atoms with van der Waals surface area (Å²) in [5, 5.41) is 0. The molecule has 0 unspecified atom stereocenters. The van der Waals surface area contributed by atoms with Gasteiger partial charge in [-0.25, -0.2) is 9.13 Å². The molecule has 12 heavy (non-hydrogen) atoms. The van der Waals surface area contributed by atoms with Gasteiger partial charge < -0.3 is 29.4 Å². The van der Waals surface area contributed by atoms with Crippen LogP contribution in [0.1, 0.15) is 0 Å². The summed E-state index contributed by atoms with van der Waals surface area (Å²) in [5.41, 5.74) is 0. The summed E-state index contributed by atoms with van der Waals surface area (Å²) < 4.78 is 17.8. The zero-order valence-corrected chi connectivity index (χ0v) is 6.18. The zero-order chi connectivity index (χ0) is 9.00. The fourth-order valence-electron chi connectivity index (χ4n) is 0. The van der Waals surface area contributed by atoms with E-state index in [4.69, 9.17) is 38.5 Å². The van der Waals surface area contributed by atoms with Crippen molar-refractivity contribution in [2.45, 2.75) is 0 Å². The summed E-state index contributed by atoms with van der Waals surface area (Å²) in [7, 11) is -9.28. The molecular formula is H9BeLiO8P2. The predicted molar refractivity (Wildman–Crippen MR) is 44.2 cm³/mol. The van der Waals surface area contributed by atoms with Gasteiger partial charge in [0.25, 0.3) is 0 Å². The van der Waals surface area contributed by atoms with Crippen molar-refractivity contribution in [1.82, 2.24) is 0 Å². The standard InChI is InChI=1S/Be.Li.2H3O4P.3H/c;;2*1-5(2,3)4;;;/h;;2*(H3,1,2,3,4);;;. The van der Waals surface area contributed by atoms with Crippen LogP contribution in [-0.4, -0.2) is 58.3 Å². The SMILES string of the molecule is O=P(O)(O)O.O=P(O)(O)O.[BeH2].[LiH]. The van der Waals surface area contributed by atoms with E-state index < -0.39 is 15.6 Å².